The van der Waals surface area contributed by atoms with E-state index in [9.17, 15) is 24.3 Å². The number of hydrogen-bond acceptors (Lipinski definition) is 9. The Labute approximate surface area is 233 Å². The number of carbonyl (C=O) groups excluding carboxylic acids is 3. The number of esters is 3. The molecule has 1 aromatic rings. The van der Waals surface area contributed by atoms with Crippen LogP contribution in [0.2, 0.25) is 0 Å². The topological polar surface area (TPSA) is 124 Å². The van der Waals surface area contributed by atoms with Gasteiger partial charge in [0.15, 0.2) is 0 Å². The molecular formula is C30H40N2O8. The van der Waals surface area contributed by atoms with Crippen LogP contribution in [-0.4, -0.2) is 76.5 Å². The summed E-state index contributed by atoms with van der Waals surface area (Å²) in [7, 11) is 0. The summed E-state index contributed by atoms with van der Waals surface area (Å²) in [5.41, 5.74) is 0.160. The van der Waals surface area contributed by atoms with Crippen molar-refractivity contribution >= 4 is 17.9 Å². The van der Waals surface area contributed by atoms with E-state index in [-0.39, 0.29) is 29.3 Å². The second-order valence-electron chi connectivity index (χ2n) is 13.1. The molecule has 2 saturated carbocycles. The van der Waals surface area contributed by atoms with Crippen LogP contribution in [0.5, 0.6) is 0 Å². The maximum Gasteiger partial charge on any atom is 0.311 e. The Bertz CT molecular complexity index is 1260. The number of ether oxygens (including phenoxy) is 3. The third-order valence-corrected chi connectivity index (χ3v) is 10.6. The lowest BCUT2D eigenvalue weighted by atomic mass is 9.66. The standard InChI is InChI=1S/C30H40N2O8/c1-15-8-22-26(28(36)30(4)24(39-17(3)34)10-23(27(15)30)38-16(2)33)20(29(37)40-22)14-31-11-18-9-19(13-31)21-6-5-7-25(35)32(21)12-18/h5-7,15,18-20,22-24,26-28,36H,8-14H2,1-4H3/t15-,18-,19-,20+,22+,23-,24-,26+,27-,28-,30-/m0/s1. The minimum Gasteiger partial charge on any atom is -0.462 e. The van der Waals surface area contributed by atoms with E-state index in [1.54, 1.807) is 6.07 Å². The van der Waals surface area contributed by atoms with Crippen molar-refractivity contribution in [2.75, 3.05) is 19.6 Å². The number of nitrogens with zero attached hydrogens (tertiary/aromatic N) is 2. The van der Waals surface area contributed by atoms with Crippen molar-refractivity contribution in [2.45, 2.75) is 83.8 Å². The van der Waals surface area contributed by atoms with Crippen LogP contribution in [0.15, 0.2) is 23.0 Å². The maximum atomic E-state index is 13.4. The van der Waals surface area contributed by atoms with Crippen molar-refractivity contribution < 1.29 is 33.7 Å². The van der Waals surface area contributed by atoms with Crippen LogP contribution < -0.4 is 5.56 Å². The molecule has 4 fully saturated rings. The number of aliphatic hydroxyl groups is 1. The average Bonchev–Trinajstić information content (AvgIpc) is 3.28. The van der Waals surface area contributed by atoms with E-state index in [4.69, 9.17) is 14.2 Å². The molecule has 6 rings (SSSR count). The Morgan fingerprint density at radius 3 is 2.55 bits per heavy atom. The molecule has 11 atom stereocenters. The summed E-state index contributed by atoms with van der Waals surface area (Å²) in [4.78, 5) is 52.2. The Hall–Kier alpha value is -2.72. The van der Waals surface area contributed by atoms with Gasteiger partial charge in [-0.25, -0.2) is 0 Å². The van der Waals surface area contributed by atoms with E-state index in [0.29, 0.717) is 31.8 Å². The Morgan fingerprint density at radius 2 is 1.82 bits per heavy atom. The molecule has 10 heteroatoms. The average molecular weight is 557 g/mol. The molecule has 10 nitrogen and oxygen atoms in total. The van der Waals surface area contributed by atoms with Crippen LogP contribution in [-0.2, 0) is 35.1 Å². The predicted octanol–water partition coefficient (Wildman–Crippen LogP) is 1.72. The van der Waals surface area contributed by atoms with Gasteiger partial charge in [0.25, 0.3) is 5.56 Å². The van der Waals surface area contributed by atoms with Gasteiger partial charge < -0.3 is 28.8 Å². The number of aromatic nitrogens is 1. The molecular weight excluding hydrogens is 516 g/mol. The summed E-state index contributed by atoms with van der Waals surface area (Å²) in [6, 6.07) is 5.45. The number of hydrogen-bond donors (Lipinski definition) is 1. The fourth-order valence-corrected chi connectivity index (χ4v) is 9.21. The first kappa shape index (κ1) is 27.4. The lowest BCUT2D eigenvalue weighted by molar-refractivity contribution is -0.165. The first-order valence-corrected chi connectivity index (χ1v) is 14.6. The molecule has 40 heavy (non-hydrogen) atoms. The molecule has 0 spiro atoms. The summed E-state index contributed by atoms with van der Waals surface area (Å²) < 4.78 is 19.3. The van der Waals surface area contributed by atoms with Gasteiger partial charge in [-0.3, -0.25) is 19.2 Å². The van der Waals surface area contributed by atoms with Crippen LogP contribution in [0.25, 0.3) is 0 Å². The first-order chi connectivity index (χ1) is 19.0. The van der Waals surface area contributed by atoms with E-state index in [2.05, 4.69) is 4.90 Å². The summed E-state index contributed by atoms with van der Waals surface area (Å²) in [5, 5.41) is 12.2. The van der Waals surface area contributed by atoms with Gasteiger partial charge in [0.1, 0.15) is 18.3 Å². The monoisotopic (exact) mass is 556 g/mol. The number of carbonyl (C=O) groups is 3. The van der Waals surface area contributed by atoms with E-state index < -0.39 is 53.6 Å². The molecule has 5 aliphatic rings. The summed E-state index contributed by atoms with van der Waals surface area (Å²) >= 11 is 0. The fourth-order valence-electron chi connectivity index (χ4n) is 9.21. The van der Waals surface area contributed by atoms with Crippen molar-refractivity contribution in [2.24, 2.45) is 35.0 Å². The molecule has 2 saturated heterocycles. The van der Waals surface area contributed by atoms with Crippen LogP contribution >= 0.6 is 0 Å². The van der Waals surface area contributed by atoms with Gasteiger partial charge in [-0.15, -0.1) is 0 Å². The number of fused-ring (bicyclic) bond motifs is 6. The lowest BCUT2D eigenvalue weighted by Crippen LogP contribution is -2.53. The van der Waals surface area contributed by atoms with E-state index in [0.717, 1.165) is 25.2 Å². The highest BCUT2D eigenvalue weighted by Gasteiger charge is 2.67. The van der Waals surface area contributed by atoms with Crippen molar-refractivity contribution in [1.82, 2.24) is 9.47 Å². The molecule has 0 amide bonds. The van der Waals surface area contributed by atoms with Crippen LogP contribution in [0, 0.1) is 35.0 Å². The van der Waals surface area contributed by atoms with Gasteiger partial charge in [0.05, 0.1) is 12.0 Å². The molecule has 1 N–H and O–H groups in total. The van der Waals surface area contributed by atoms with Crippen molar-refractivity contribution in [1.29, 1.82) is 0 Å². The lowest BCUT2D eigenvalue weighted by Gasteiger charge is -2.45. The SMILES string of the molecule is CC(=O)O[C@H]1C[C@H](OC(C)=O)[C@@]2(C)[C@H]1[C@@H](C)C[C@H]1OC(=O)[C@H](CN3C[C@@H]4C[C@@H](C3)c3cccc(=O)n3C4)[C@H]1[C@@H]2O. The van der Waals surface area contributed by atoms with Crippen LogP contribution in [0.1, 0.15) is 58.6 Å². The maximum absolute atomic E-state index is 13.4. The Kier molecular flexibility index (Phi) is 6.85. The number of aliphatic hydroxyl groups excluding tert-OH is 1. The van der Waals surface area contributed by atoms with E-state index in [1.807, 2.05) is 30.5 Å². The zero-order valence-corrected chi connectivity index (χ0v) is 23.7. The second-order valence-corrected chi connectivity index (χ2v) is 13.1. The minimum absolute atomic E-state index is 0.0345. The molecule has 0 radical (unpaired) electrons. The third kappa shape index (κ3) is 4.38. The number of likely N-dealkylation sites (tertiary alicyclic amines) is 1. The fraction of sp³-hybridized carbons (Fsp3) is 0.733. The summed E-state index contributed by atoms with van der Waals surface area (Å²) in [6.45, 7) is 9.30. The second kappa shape index (κ2) is 9.98. The molecule has 2 aliphatic carbocycles. The van der Waals surface area contributed by atoms with Gasteiger partial charge in [-0.2, -0.15) is 0 Å². The smallest absolute Gasteiger partial charge is 0.311 e. The minimum atomic E-state index is -1.00. The largest absolute Gasteiger partial charge is 0.462 e. The van der Waals surface area contributed by atoms with E-state index >= 15 is 0 Å². The van der Waals surface area contributed by atoms with Crippen LogP contribution in [0.4, 0.5) is 0 Å². The quantitative estimate of drug-likeness (QED) is 0.436. The van der Waals surface area contributed by atoms with Gasteiger partial charge in [-0.1, -0.05) is 19.9 Å². The zero-order chi connectivity index (χ0) is 28.5. The molecule has 0 unspecified atom stereocenters. The number of rotatable bonds is 4. The molecule has 4 heterocycles. The van der Waals surface area contributed by atoms with E-state index in [1.165, 1.54) is 13.8 Å². The molecule has 218 valence electrons. The molecule has 2 bridgehead atoms. The normalized spacial score (nSPS) is 42.2. The Morgan fingerprint density at radius 1 is 1.07 bits per heavy atom. The van der Waals surface area contributed by atoms with Gasteiger partial charge >= 0.3 is 17.9 Å². The number of pyridine rings is 1. The first-order valence-electron chi connectivity index (χ1n) is 14.6. The van der Waals surface area contributed by atoms with Gasteiger partial charge in [0, 0.05) is 81.4 Å². The zero-order valence-electron chi connectivity index (χ0n) is 23.7. The van der Waals surface area contributed by atoms with Crippen molar-refractivity contribution in [3.8, 4) is 0 Å². The molecule has 0 aromatic carbocycles. The Balaban J connectivity index is 1.29. The summed E-state index contributed by atoms with van der Waals surface area (Å²) in [6.07, 6.45) is -0.765. The highest BCUT2D eigenvalue weighted by Crippen LogP contribution is 2.59. The third-order valence-electron chi connectivity index (χ3n) is 10.6. The highest BCUT2D eigenvalue weighted by atomic mass is 16.6. The molecule has 1 aromatic heterocycles. The van der Waals surface area contributed by atoms with Crippen molar-refractivity contribution in [3.63, 3.8) is 0 Å². The molecule has 3 aliphatic heterocycles. The van der Waals surface area contributed by atoms with Gasteiger partial charge in [0.2, 0.25) is 0 Å². The predicted molar refractivity (Wildman–Crippen MR) is 142 cm³/mol. The highest BCUT2D eigenvalue weighted by molar-refractivity contribution is 5.76. The van der Waals surface area contributed by atoms with Crippen LogP contribution in [0.3, 0.4) is 0 Å². The number of piperidine rings is 1. The van der Waals surface area contributed by atoms with Gasteiger partial charge in [-0.05, 0) is 30.7 Å². The van der Waals surface area contributed by atoms with Crippen molar-refractivity contribution in [3.05, 3.63) is 34.2 Å². The summed E-state index contributed by atoms with van der Waals surface area (Å²) in [5.74, 6) is -1.96.